The molecule has 1 aliphatic heterocycles. The van der Waals surface area contributed by atoms with E-state index in [2.05, 4.69) is 19.9 Å². The van der Waals surface area contributed by atoms with E-state index in [4.69, 9.17) is 14.2 Å². The summed E-state index contributed by atoms with van der Waals surface area (Å²) in [5, 5.41) is 9.84. The van der Waals surface area contributed by atoms with Gasteiger partial charge in [0.05, 0.1) is 14.2 Å². The van der Waals surface area contributed by atoms with Gasteiger partial charge in [-0.2, -0.15) is 0 Å². The molecule has 0 saturated carbocycles. The summed E-state index contributed by atoms with van der Waals surface area (Å²) >= 11 is 0. The van der Waals surface area contributed by atoms with Crippen molar-refractivity contribution >= 4 is 0 Å². The molecule has 0 spiro atoms. The minimum Gasteiger partial charge on any atom is -0.504 e. The number of rotatable bonds is 5. The van der Waals surface area contributed by atoms with Gasteiger partial charge in [0.1, 0.15) is 17.6 Å². The van der Waals surface area contributed by atoms with Crippen molar-refractivity contribution < 1.29 is 19.3 Å². The quantitative estimate of drug-likeness (QED) is 0.857. The van der Waals surface area contributed by atoms with Crippen molar-refractivity contribution in [2.45, 2.75) is 39.2 Å². The first-order chi connectivity index (χ1) is 12.1. The lowest BCUT2D eigenvalue weighted by atomic mass is 9.85. The second kappa shape index (κ2) is 7.26. The van der Waals surface area contributed by atoms with Crippen LogP contribution in [0, 0.1) is 5.92 Å². The van der Waals surface area contributed by atoms with Crippen LogP contribution in [0.15, 0.2) is 30.3 Å². The standard InChI is InChI=1S/C21H26O4/c1-5-6-14-10-16(23-3)12-19-17(14)9-13(2)21(25-19)15-7-8-18(22)20(11-15)24-4/h7-8,10-13,21-22H,5-6,9H2,1-4H3. The number of benzene rings is 2. The lowest BCUT2D eigenvalue weighted by Crippen LogP contribution is -2.24. The summed E-state index contributed by atoms with van der Waals surface area (Å²) in [5.41, 5.74) is 3.61. The molecule has 3 rings (SSSR count). The molecule has 134 valence electrons. The van der Waals surface area contributed by atoms with E-state index < -0.39 is 0 Å². The third-order valence-corrected chi connectivity index (χ3v) is 4.86. The second-order valence-corrected chi connectivity index (χ2v) is 6.66. The SMILES string of the molecule is CCCc1cc(OC)cc2c1CC(C)C(c1ccc(O)c(OC)c1)O2. The normalized spacial score (nSPS) is 19.0. The van der Waals surface area contributed by atoms with Crippen molar-refractivity contribution in [3.63, 3.8) is 0 Å². The highest BCUT2D eigenvalue weighted by Crippen LogP contribution is 2.43. The number of phenols is 1. The molecule has 4 heteroatoms. The van der Waals surface area contributed by atoms with E-state index in [1.54, 1.807) is 20.3 Å². The Morgan fingerprint density at radius 1 is 1.16 bits per heavy atom. The van der Waals surface area contributed by atoms with E-state index in [1.807, 2.05) is 18.2 Å². The first kappa shape index (κ1) is 17.5. The van der Waals surface area contributed by atoms with Gasteiger partial charge < -0.3 is 19.3 Å². The number of hydrogen-bond acceptors (Lipinski definition) is 4. The number of methoxy groups -OCH3 is 2. The fourth-order valence-corrected chi connectivity index (χ4v) is 3.57. The minimum atomic E-state index is -0.0800. The Bertz CT molecular complexity index is 754. The van der Waals surface area contributed by atoms with Crippen LogP contribution < -0.4 is 14.2 Å². The molecule has 1 N–H and O–H groups in total. The molecule has 0 saturated heterocycles. The van der Waals surface area contributed by atoms with Gasteiger partial charge in [-0.15, -0.1) is 0 Å². The van der Waals surface area contributed by atoms with Crippen LogP contribution in [0.1, 0.15) is 43.1 Å². The first-order valence-electron chi connectivity index (χ1n) is 8.80. The van der Waals surface area contributed by atoms with Crippen molar-refractivity contribution in [3.05, 3.63) is 47.0 Å². The fraction of sp³-hybridized carbons (Fsp3) is 0.429. The van der Waals surface area contributed by atoms with Gasteiger partial charge in [-0.1, -0.05) is 26.3 Å². The van der Waals surface area contributed by atoms with Crippen molar-refractivity contribution in [1.82, 2.24) is 0 Å². The van der Waals surface area contributed by atoms with Crippen molar-refractivity contribution in [3.8, 4) is 23.0 Å². The Kier molecular flexibility index (Phi) is 5.07. The summed E-state index contributed by atoms with van der Waals surface area (Å²) < 4.78 is 17.1. The van der Waals surface area contributed by atoms with E-state index in [9.17, 15) is 5.11 Å². The third kappa shape index (κ3) is 3.39. The van der Waals surface area contributed by atoms with E-state index in [1.165, 1.54) is 11.1 Å². The van der Waals surface area contributed by atoms with Crippen molar-refractivity contribution in [2.75, 3.05) is 14.2 Å². The Morgan fingerprint density at radius 2 is 1.96 bits per heavy atom. The van der Waals surface area contributed by atoms with Gasteiger partial charge in [0.25, 0.3) is 0 Å². The summed E-state index contributed by atoms with van der Waals surface area (Å²) in [6, 6.07) is 9.52. The molecule has 0 amide bonds. The van der Waals surface area contributed by atoms with Gasteiger partial charge in [-0.05, 0) is 47.7 Å². The van der Waals surface area contributed by atoms with Crippen LogP contribution in [0.4, 0.5) is 0 Å². The van der Waals surface area contributed by atoms with E-state index in [-0.39, 0.29) is 11.9 Å². The Balaban J connectivity index is 1.99. The van der Waals surface area contributed by atoms with Crippen LogP contribution >= 0.6 is 0 Å². The average molecular weight is 342 g/mol. The second-order valence-electron chi connectivity index (χ2n) is 6.66. The predicted molar refractivity (Wildman–Crippen MR) is 97.9 cm³/mol. The molecule has 2 aromatic rings. The first-order valence-corrected chi connectivity index (χ1v) is 8.80. The molecule has 4 nitrogen and oxygen atoms in total. The number of ether oxygens (including phenoxy) is 3. The summed E-state index contributed by atoms with van der Waals surface area (Å²) in [7, 11) is 3.24. The number of phenolic OH excluding ortho intramolecular Hbond substituents is 1. The number of fused-ring (bicyclic) bond motifs is 1. The van der Waals surface area contributed by atoms with Crippen LogP contribution in [0.3, 0.4) is 0 Å². The molecule has 1 heterocycles. The molecule has 0 aliphatic carbocycles. The van der Waals surface area contributed by atoms with E-state index in [0.717, 1.165) is 36.3 Å². The summed E-state index contributed by atoms with van der Waals surface area (Å²) in [6.07, 6.45) is 2.99. The molecule has 2 aromatic carbocycles. The number of aryl methyl sites for hydroxylation is 1. The van der Waals surface area contributed by atoms with Gasteiger partial charge in [-0.25, -0.2) is 0 Å². The van der Waals surface area contributed by atoms with Gasteiger partial charge in [0.2, 0.25) is 0 Å². The lowest BCUT2D eigenvalue weighted by molar-refractivity contribution is 0.122. The highest BCUT2D eigenvalue weighted by atomic mass is 16.5. The van der Waals surface area contributed by atoms with Crippen LogP contribution in [0.25, 0.3) is 0 Å². The highest BCUT2D eigenvalue weighted by molar-refractivity contribution is 5.49. The van der Waals surface area contributed by atoms with Crippen LogP contribution in [-0.2, 0) is 12.8 Å². The molecule has 1 aliphatic rings. The summed E-state index contributed by atoms with van der Waals surface area (Å²) in [6.45, 7) is 4.39. The molecule has 0 bridgehead atoms. The average Bonchev–Trinajstić information content (AvgIpc) is 2.62. The zero-order valence-corrected chi connectivity index (χ0v) is 15.3. The predicted octanol–water partition coefficient (Wildman–Crippen LogP) is 4.67. The minimum absolute atomic E-state index is 0.0800. The summed E-state index contributed by atoms with van der Waals surface area (Å²) in [4.78, 5) is 0. The van der Waals surface area contributed by atoms with E-state index in [0.29, 0.717) is 11.7 Å². The molecule has 0 fully saturated rings. The van der Waals surface area contributed by atoms with Crippen molar-refractivity contribution in [1.29, 1.82) is 0 Å². The number of aromatic hydroxyl groups is 1. The molecular weight excluding hydrogens is 316 g/mol. The molecule has 2 atom stereocenters. The highest BCUT2D eigenvalue weighted by Gasteiger charge is 2.30. The molecule has 0 radical (unpaired) electrons. The van der Waals surface area contributed by atoms with Gasteiger partial charge in [0.15, 0.2) is 11.5 Å². The summed E-state index contributed by atoms with van der Waals surface area (Å²) in [5.74, 6) is 2.67. The maximum atomic E-state index is 9.84. The van der Waals surface area contributed by atoms with Crippen molar-refractivity contribution in [2.24, 2.45) is 5.92 Å². The van der Waals surface area contributed by atoms with Gasteiger partial charge >= 0.3 is 0 Å². The zero-order chi connectivity index (χ0) is 18.0. The van der Waals surface area contributed by atoms with Crippen LogP contribution in [0.5, 0.6) is 23.0 Å². The Hall–Kier alpha value is -2.36. The smallest absolute Gasteiger partial charge is 0.160 e. The molecule has 0 aromatic heterocycles. The van der Waals surface area contributed by atoms with E-state index >= 15 is 0 Å². The Morgan fingerprint density at radius 3 is 2.64 bits per heavy atom. The van der Waals surface area contributed by atoms with Gasteiger partial charge in [0, 0.05) is 12.0 Å². The topological polar surface area (TPSA) is 47.9 Å². The third-order valence-electron chi connectivity index (χ3n) is 4.86. The molecular formula is C21H26O4. The maximum absolute atomic E-state index is 9.84. The number of hydrogen-bond donors (Lipinski definition) is 1. The van der Waals surface area contributed by atoms with Crippen LogP contribution in [0.2, 0.25) is 0 Å². The zero-order valence-electron chi connectivity index (χ0n) is 15.3. The monoisotopic (exact) mass is 342 g/mol. The fourth-order valence-electron chi connectivity index (χ4n) is 3.57. The largest absolute Gasteiger partial charge is 0.504 e. The van der Waals surface area contributed by atoms with Crippen LogP contribution in [-0.4, -0.2) is 19.3 Å². The maximum Gasteiger partial charge on any atom is 0.160 e. The Labute approximate surface area is 149 Å². The molecule has 25 heavy (non-hydrogen) atoms. The molecule has 2 unspecified atom stereocenters. The lowest BCUT2D eigenvalue weighted by Gasteiger charge is -2.33. The van der Waals surface area contributed by atoms with Gasteiger partial charge in [-0.3, -0.25) is 0 Å².